The third-order valence-corrected chi connectivity index (χ3v) is 8.25. The second kappa shape index (κ2) is 11.0. The third kappa shape index (κ3) is 6.09. The molecule has 10 nitrogen and oxygen atoms in total. The second-order valence-corrected chi connectivity index (χ2v) is 12.4. The fourth-order valence-electron chi connectivity index (χ4n) is 6.04. The highest BCUT2D eigenvalue weighted by Gasteiger charge is 2.39. The number of nitrogens with zero attached hydrogens (tertiary/aromatic N) is 5. The molecule has 0 radical (unpaired) electrons. The van der Waals surface area contributed by atoms with Crippen LogP contribution in [0.3, 0.4) is 0 Å². The van der Waals surface area contributed by atoms with Gasteiger partial charge in [0.2, 0.25) is 5.91 Å². The normalized spacial score (nSPS) is 21.1. The summed E-state index contributed by atoms with van der Waals surface area (Å²) in [6, 6.07) is 1.85. The number of likely N-dealkylation sites (tertiary alicyclic amines) is 2. The average molecular weight is 557 g/mol. The zero-order valence-electron chi connectivity index (χ0n) is 24.0. The van der Waals surface area contributed by atoms with Gasteiger partial charge in [-0.1, -0.05) is 6.92 Å². The number of fused-ring (bicyclic) bond motifs is 1. The number of anilines is 1. The Kier molecular flexibility index (Phi) is 7.78. The smallest absolute Gasteiger partial charge is 0.410 e. The molecular formula is C29H41FN6O4. The first-order chi connectivity index (χ1) is 18.9. The van der Waals surface area contributed by atoms with E-state index in [0.29, 0.717) is 44.7 Å². The topological polar surface area (TPSA) is 100 Å². The zero-order chi connectivity index (χ0) is 28.7. The van der Waals surface area contributed by atoms with Gasteiger partial charge in [0, 0.05) is 76.2 Å². The van der Waals surface area contributed by atoms with Crippen LogP contribution in [0, 0.1) is 0 Å². The molecule has 5 rings (SSSR count). The third-order valence-electron chi connectivity index (χ3n) is 8.25. The maximum Gasteiger partial charge on any atom is 0.410 e. The fraction of sp³-hybridized carbons (Fsp3) is 0.655. The molecule has 1 N–H and O–H groups in total. The summed E-state index contributed by atoms with van der Waals surface area (Å²) in [7, 11) is 0. The van der Waals surface area contributed by atoms with Gasteiger partial charge in [-0.25, -0.2) is 19.0 Å². The van der Waals surface area contributed by atoms with Gasteiger partial charge in [-0.15, -0.1) is 0 Å². The van der Waals surface area contributed by atoms with Crippen LogP contribution in [0.2, 0.25) is 0 Å². The van der Waals surface area contributed by atoms with Crippen molar-refractivity contribution in [2.24, 2.45) is 0 Å². The molecule has 0 bridgehead atoms. The molecule has 0 unspecified atom stereocenters. The number of imide groups is 1. The van der Waals surface area contributed by atoms with Crippen LogP contribution in [0.25, 0.3) is 11.0 Å². The molecule has 4 amide bonds. The molecular weight excluding hydrogens is 515 g/mol. The molecule has 0 aromatic carbocycles. The van der Waals surface area contributed by atoms with Crippen LogP contribution in [0.15, 0.2) is 18.5 Å². The molecule has 2 aromatic rings. The number of carbonyl (C=O) groups is 3. The number of aryl methyl sites for hydroxylation is 1. The van der Waals surface area contributed by atoms with E-state index < -0.39 is 17.3 Å². The van der Waals surface area contributed by atoms with E-state index in [2.05, 4.69) is 27.9 Å². The van der Waals surface area contributed by atoms with Gasteiger partial charge < -0.3 is 19.1 Å². The Morgan fingerprint density at radius 3 is 2.48 bits per heavy atom. The van der Waals surface area contributed by atoms with E-state index in [1.165, 1.54) is 5.56 Å². The summed E-state index contributed by atoms with van der Waals surface area (Å²) >= 11 is 0. The number of hydrogen-bond donors (Lipinski definition) is 1. The molecule has 0 atom stereocenters. The number of hydrogen-bond acceptors (Lipinski definition) is 6. The molecule has 0 aliphatic carbocycles. The number of alkyl halides is 1. The Morgan fingerprint density at radius 2 is 1.85 bits per heavy atom. The van der Waals surface area contributed by atoms with Crippen molar-refractivity contribution in [1.29, 1.82) is 0 Å². The van der Waals surface area contributed by atoms with E-state index in [9.17, 15) is 14.4 Å². The lowest BCUT2D eigenvalue weighted by Gasteiger charge is -2.41. The van der Waals surface area contributed by atoms with Gasteiger partial charge in [-0.2, -0.15) is 0 Å². The van der Waals surface area contributed by atoms with Gasteiger partial charge in [-0.3, -0.25) is 15.0 Å². The van der Waals surface area contributed by atoms with Gasteiger partial charge in [0.1, 0.15) is 16.9 Å². The minimum Gasteiger partial charge on any atom is -0.444 e. The number of carbonyl (C=O) groups excluding carboxylic acids is 3. The first kappa shape index (κ1) is 28.3. The lowest BCUT2D eigenvalue weighted by atomic mass is 9.91. The fourth-order valence-corrected chi connectivity index (χ4v) is 6.04. The molecule has 3 fully saturated rings. The number of piperidine rings is 2. The SMILES string of the molecule is CCc1cn(C2CCN(CC3(F)CCN(C(=O)OC(C)(C)C)CC3)CC2)c2ncc(N3CCC(=O)NC3=O)cc12. The number of ether oxygens (including phenoxy) is 1. The number of urea groups is 1. The van der Waals surface area contributed by atoms with Crippen LogP contribution in [-0.2, 0) is 16.0 Å². The summed E-state index contributed by atoms with van der Waals surface area (Å²) in [5.74, 6) is -0.257. The molecule has 3 aliphatic rings. The van der Waals surface area contributed by atoms with Crippen molar-refractivity contribution in [3.8, 4) is 0 Å². The average Bonchev–Trinajstić information content (AvgIpc) is 3.26. The highest BCUT2D eigenvalue weighted by Crippen LogP contribution is 2.34. The van der Waals surface area contributed by atoms with Crippen LogP contribution >= 0.6 is 0 Å². The summed E-state index contributed by atoms with van der Waals surface area (Å²) in [6.07, 6.45) is 7.06. The lowest BCUT2D eigenvalue weighted by molar-refractivity contribution is -0.120. The van der Waals surface area contributed by atoms with Crippen molar-refractivity contribution in [2.75, 3.05) is 44.2 Å². The second-order valence-electron chi connectivity index (χ2n) is 12.4. The van der Waals surface area contributed by atoms with E-state index in [1.807, 2.05) is 26.8 Å². The maximum atomic E-state index is 15.8. The van der Waals surface area contributed by atoms with E-state index in [-0.39, 0.29) is 24.5 Å². The highest BCUT2D eigenvalue weighted by atomic mass is 19.1. The Bertz CT molecular complexity index is 1270. The zero-order valence-corrected chi connectivity index (χ0v) is 24.0. The van der Waals surface area contributed by atoms with E-state index in [0.717, 1.165) is 43.4 Å². The van der Waals surface area contributed by atoms with Crippen molar-refractivity contribution in [3.63, 3.8) is 0 Å². The van der Waals surface area contributed by atoms with Crippen LogP contribution in [-0.4, -0.2) is 87.9 Å². The minimum absolute atomic E-state index is 0.257. The van der Waals surface area contributed by atoms with Crippen molar-refractivity contribution < 1.29 is 23.5 Å². The van der Waals surface area contributed by atoms with Crippen LogP contribution in [0.5, 0.6) is 0 Å². The molecule has 218 valence electrons. The predicted octanol–water partition coefficient (Wildman–Crippen LogP) is 4.42. The molecule has 40 heavy (non-hydrogen) atoms. The lowest BCUT2D eigenvalue weighted by Crippen LogP contribution is -2.51. The Morgan fingerprint density at radius 1 is 1.15 bits per heavy atom. The number of pyridine rings is 1. The summed E-state index contributed by atoms with van der Waals surface area (Å²) in [6.45, 7) is 10.7. The molecule has 3 aliphatic heterocycles. The predicted molar refractivity (Wildman–Crippen MR) is 150 cm³/mol. The van der Waals surface area contributed by atoms with Gasteiger partial charge in [0.05, 0.1) is 11.9 Å². The van der Waals surface area contributed by atoms with Gasteiger partial charge in [0.25, 0.3) is 0 Å². The Labute approximate surface area is 234 Å². The Balaban J connectivity index is 1.20. The summed E-state index contributed by atoms with van der Waals surface area (Å²) in [5, 5.41) is 3.39. The first-order valence-corrected chi connectivity index (χ1v) is 14.4. The van der Waals surface area contributed by atoms with Crippen molar-refractivity contribution >= 4 is 34.8 Å². The number of halogens is 1. The maximum absolute atomic E-state index is 15.8. The van der Waals surface area contributed by atoms with Gasteiger partial charge in [-0.05, 0) is 51.7 Å². The van der Waals surface area contributed by atoms with Crippen LogP contribution in [0.1, 0.15) is 71.4 Å². The molecule has 2 aromatic heterocycles. The van der Waals surface area contributed by atoms with Crippen molar-refractivity contribution in [3.05, 3.63) is 24.0 Å². The number of nitrogens with one attached hydrogen (secondary N) is 1. The Hall–Kier alpha value is -3.21. The summed E-state index contributed by atoms with van der Waals surface area (Å²) in [5.41, 5.74) is 0.886. The molecule has 0 saturated carbocycles. The number of amides is 4. The van der Waals surface area contributed by atoms with E-state index >= 15 is 4.39 Å². The first-order valence-electron chi connectivity index (χ1n) is 14.4. The number of aromatic nitrogens is 2. The minimum atomic E-state index is -1.30. The van der Waals surface area contributed by atoms with Crippen molar-refractivity contribution in [2.45, 2.75) is 83.5 Å². The molecule has 3 saturated heterocycles. The van der Waals surface area contributed by atoms with E-state index in [4.69, 9.17) is 9.72 Å². The molecule has 5 heterocycles. The van der Waals surface area contributed by atoms with E-state index in [1.54, 1.807) is 16.0 Å². The standard InChI is InChI=1S/C29H41FN6O4/c1-5-20-18-36(25-23(20)16-22(17-31-25)35-13-8-24(37)32-26(35)38)21-6-11-33(12-7-21)19-29(30)9-14-34(15-10-29)27(39)40-28(2,3)4/h16-18,21H,5-15,19H2,1-4H3,(H,32,37,38). The molecule has 11 heteroatoms. The highest BCUT2D eigenvalue weighted by molar-refractivity contribution is 6.06. The summed E-state index contributed by atoms with van der Waals surface area (Å²) < 4.78 is 23.5. The largest absolute Gasteiger partial charge is 0.444 e. The van der Waals surface area contributed by atoms with Crippen LogP contribution in [0.4, 0.5) is 19.7 Å². The van der Waals surface area contributed by atoms with Gasteiger partial charge in [0.15, 0.2) is 0 Å². The molecule has 0 spiro atoms. The van der Waals surface area contributed by atoms with Gasteiger partial charge >= 0.3 is 12.1 Å². The summed E-state index contributed by atoms with van der Waals surface area (Å²) in [4.78, 5) is 46.4. The van der Waals surface area contributed by atoms with Crippen LogP contribution < -0.4 is 10.2 Å². The van der Waals surface area contributed by atoms with Crippen molar-refractivity contribution in [1.82, 2.24) is 24.7 Å². The quantitative estimate of drug-likeness (QED) is 0.585. The monoisotopic (exact) mass is 556 g/mol. The number of rotatable bonds is 5.